The zero-order chi connectivity index (χ0) is 16.5. The van der Waals surface area contributed by atoms with Gasteiger partial charge in [-0.2, -0.15) is 0 Å². The maximum absolute atomic E-state index is 2.72. The molecule has 2 aliphatic heterocycles. The van der Waals surface area contributed by atoms with Gasteiger partial charge in [-0.05, 0) is 61.8 Å². The van der Waals surface area contributed by atoms with E-state index in [0.29, 0.717) is 6.04 Å². The minimum atomic E-state index is 0.643. The molecule has 0 spiro atoms. The van der Waals surface area contributed by atoms with Crippen molar-refractivity contribution in [2.45, 2.75) is 58.2 Å². The summed E-state index contributed by atoms with van der Waals surface area (Å²) >= 11 is 0. The molecule has 1 nitrogen and oxygen atoms in total. The Morgan fingerprint density at radius 2 is 1.79 bits per heavy atom. The van der Waals surface area contributed by atoms with Crippen LogP contribution in [0.3, 0.4) is 0 Å². The minimum absolute atomic E-state index is 0.643. The van der Waals surface area contributed by atoms with Crippen molar-refractivity contribution in [1.82, 2.24) is 4.90 Å². The highest BCUT2D eigenvalue weighted by molar-refractivity contribution is 5.37. The molecule has 0 saturated carbocycles. The van der Waals surface area contributed by atoms with Crippen LogP contribution >= 0.6 is 0 Å². The molecule has 2 bridgehead atoms. The van der Waals surface area contributed by atoms with Gasteiger partial charge in [-0.25, -0.2) is 0 Å². The molecule has 2 aromatic rings. The Labute approximate surface area is 146 Å². The van der Waals surface area contributed by atoms with Crippen LogP contribution in [0.15, 0.2) is 60.2 Å². The largest absolute Gasteiger partial charge is 0.289 e. The van der Waals surface area contributed by atoms with Crippen molar-refractivity contribution in [1.29, 1.82) is 0 Å². The minimum Gasteiger partial charge on any atom is -0.289 e. The fourth-order valence-corrected chi connectivity index (χ4v) is 4.43. The first-order valence-corrected chi connectivity index (χ1v) is 9.25. The van der Waals surface area contributed by atoms with Crippen LogP contribution < -0.4 is 0 Å². The van der Waals surface area contributed by atoms with Gasteiger partial charge in [0.05, 0.1) is 0 Å². The normalized spacial score (nSPS) is 23.3. The van der Waals surface area contributed by atoms with Crippen LogP contribution in [0.25, 0.3) is 0 Å². The van der Waals surface area contributed by atoms with Gasteiger partial charge < -0.3 is 0 Å². The van der Waals surface area contributed by atoms with Gasteiger partial charge in [0.25, 0.3) is 0 Å². The van der Waals surface area contributed by atoms with Crippen molar-refractivity contribution >= 4 is 0 Å². The quantitative estimate of drug-likeness (QED) is 0.700. The second kappa shape index (κ2) is 6.57. The van der Waals surface area contributed by atoms with Crippen molar-refractivity contribution in [3.05, 3.63) is 82.4 Å². The highest BCUT2D eigenvalue weighted by Gasteiger charge is 2.36. The van der Waals surface area contributed by atoms with Gasteiger partial charge in [-0.1, -0.05) is 60.2 Å². The fraction of sp³-hybridized carbons (Fsp3) is 0.391. The smallest absolute Gasteiger partial charge is 0.0288 e. The van der Waals surface area contributed by atoms with E-state index in [1.807, 2.05) is 0 Å². The molecule has 2 aliphatic rings. The third-order valence-electron chi connectivity index (χ3n) is 5.96. The van der Waals surface area contributed by atoms with Gasteiger partial charge in [0.1, 0.15) is 0 Å². The lowest BCUT2D eigenvalue weighted by Gasteiger charge is -2.34. The molecular formula is C23H27N. The number of fused-ring (bicyclic) bond motifs is 2. The van der Waals surface area contributed by atoms with E-state index in [2.05, 4.69) is 73.4 Å². The summed E-state index contributed by atoms with van der Waals surface area (Å²) in [5.41, 5.74) is 7.49. The van der Waals surface area contributed by atoms with Crippen molar-refractivity contribution in [2.24, 2.45) is 0 Å². The van der Waals surface area contributed by atoms with Crippen molar-refractivity contribution < 1.29 is 0 Å². The highest BCUT2D eigenvalue weighted by atomic mass is 15.2. The average molecular weight is 317 g/mol. The second-order valence-corrected chi connectivity index (χ2v) is 7.52. The summed E-state index contributed by atoms with van der Waals surface area (Å²) in [5.74, 6) is 0. The zero-order valence-corrected chi connectivity index (χ0v) is 14.8. The Bertz CT molecular complexity index is 744. The number of aryl methyl sites for hydroxylation is 1. The molecule has 2 heterocycles. The van der Waals surface area contributed by atoms with Gasteiger partial charge in [0.2, 0.25) is 0 Å². The van der Waals surface area contributed by atoms with Crippen LogP contribution in [0.1, 0.15) is 41.5 Å². The van der Waals surface area contributed by atoms with E-state index in [9.17, 15) is 0 Å². The van der Waals surface area contributed by atoms with Gasteiger partial charge in [0.15, 0.2) is 0 Å². The van der Waals surface area contributed by atoms with E-state index in [-0.39, 0.29) is 0 Å². The number of nitrogens with zero attached hydrogens (tertiary/aromatic N) is 1. The summed E-state index contributed by atoms with van der Waals surface area (Å²) in [6.45, 7) is 5.59. The first-order valence-electron chi connectivity index (χ1n) is 9.25. The Hall–Kier alpha value is -1.86. The lowest BCUT2D eigenvalue weighted by Crippen LogP contribution is -2.38. The summed E-state index contributed by atoms with van der Waals surface area (Å²) in [6, 6.07) is 19.0. The van der Waals surface area contributed by atoms with Gasteiger partial charge >= 0.3 is 0 Å². The maximum Gasteiger partial charge on any atom is 0.0288 e. The fourth-order valence-electron chi connectivity index (χ4n) is 4.43. The van der Waals surface area contributed by atoms with E-state index in [1.165, 1.54) is 41.5 Å². The van der Waals surface area contributed by atoms with Gasteiger partial charge in [0, 0.05) is 18.6 Å². The molecule has 1 fully saturated rings. The van der Waals surface area contributed by atoms with Gasteiger partial charge in [-0.3, -0.25) is 4.90 Å². The van der Waals surface area contributed by atoms with Crippen LogP contribution in [0.5, 0.6) is 0 Å². The van der Waals surface area contributed by atoms with E-state index < -0.39 is 0 Å². The molecule has 2 atom stereocenters. The van der Waals surface area contributed by atoms with E-state index >= 15 is 0 Å². The van der Waals surface area contributed by atoms with Crippen LogP contribution in [-0.2, 0) is 13.0 Å². The summed E-state index contributed by atoms with van der Waals surface area (Å²) < 4.78 is 0. The number of rotatable bonds is 4. The van der Waals surface area contributed by atoms with E-state index in [0.717, 1.165) is 19.0 Å². The topological polar surface area (TPSA) is 3.24 Å². The third-order valence-corrected chi connectivity index (χ3v) is 5.96. The molecule has 1 heteroatoms. The van der Waals surface area contributed by atoms with Gasteiger partial charge in [-0.15, -0.1) is 0 Å². The highest BCUT2D eigenvalue weighted by Crippen LogP contribution is 2.37. The van der Waals surface area contributed by atoms with Crippen molar-refractivity contribution in [3.63, 3.8) is 0 Å². The third kappa shape index (κ3) is 3.06. The van der Waals surface area contributed by atoms with Crippen LogP contribution in [-0.4, -0.2) is 17.0 Å². The first kappa shape index (κ1) is 15.7. The Kier molecular flexibility index (Phi) is 4.28. The number of benzene rings is 2. The van der Waals surface area contributed by atoms with E-state index in [4.69, 9.17) is 0 Å². The Morgan fingerprint density at radius 1 is 0.958 bits per heavy atom. The SMILES string of the molecule is Cc1cccc(CC2=CC3CCC(C2)N3Cc2ccccc2)c1C. The predicted molar refractivity (Wildman–Crippen MR) is 101 cm³/mol. The molecule has 0 amide bonds. The first-order chi connectivity index (χ1) is 11.7. The summed E-state index contributed by atoms with van der Waals surface area (Å²) in [7, 11) is 0. The summed E-state index contributed by atoms with van der Waals surface area (Å²) in [4.78, 5) is 2.72. The predicted octanol–water partition coefficient (Wildman–Crippen LogP) is 5.21. The lowest BCUT2D eigenvalue weighted by atomic mass is 9.91. The number of hydrogen-bond donors (Lipinski definition) is 0. The second-order valence-electron chi connectivity index (χ2n) is 7.52. The molecule has 4 rings (SSSR count). The molecule has 0 aliphatic carbocycles. The molecule has 1 saturated heterocycles. The summed E-state index contributed by atoms with van der Waals surface area (Å²) in [6.07, 6.45) is 7.64. The molecule has 2 unspecified atom stereocenters. The molecular weight excluding hydrogens is 290 g/mol. The molecule has 2 aromatic carbocycles. The summed E-state index contributed by atoms with van der Waals surface area (Å²) in [5, 5.41) is 0. The Morgan fingerprint density at radius 3 is 2.58 bits per heavy atom. The van der Waals surface area contributed by atoms with Crippen molar-refractivity contribution in [3.8, 4) is 0 Å². The zero-order valence-electron chi connectivity index (χ0n) is 14.8. The maximum atomic E-state index is 2.72. The Balaban J connectivity index is 1.50. The van der Waals surface area contributed by atoms with Crippen LogP contribution in [0.2, 0.25) is 0 Å². The number of hydrogen-bond acceptors (Lipinski definition) is 1. The lowest BCUT2D eigenvalue weighted by molar-refractivity contribution is 0.194. The molecule has 24 heavy (non-hydrogen) atoms. The molecule has 0 N–H and O–H groups in total. The average Bonchev–Trinajstić information content (AvgIpc) is 2.82. The van der Waals surface area contributed by atoms with E-state index in [1.54, 1.807) is 5.57 Å². The molecule has 0 radical (unpaired) electrons. The molecule has 124 valence electrons. The van der Waals surface area contributed by atoms with Crippen molar-refractivity contribution in [2.75, 3.05) is 0 Å². The monoisotopic (exact) mass is 317 g/mol. The standard InChI is InChI=1S/C23H27N/c1-17-7-6-10-21(18(17)2)13-20-14-22-11-12-23(15-20)24(22)16-19-8-4-3-5-9-19/h3-10,14,22-23H,11-13,15-16H2,1-2H3. The van der Waals surface area contributed by atoms with Crippen LogP contribution in [0.4, 0.5) is 0 Å². The molecule has 0 aromatic heterocycles. The van der Waals surface area contributed by atoms with Crippen LogP contribution in [0, 0.1) is 13.8 Å².